The molecule has 9 nitrogen and oxygen atoms in total. The zero-order valence-corrected chi connectivity index (χ0v) is 17.8. The molecule has 2 aromatic rings. The molecule has 0 unspecified atom stereocenters. The fraction of sp³-hybridized carbons (Fsp3) is 0.368. The molecule has 0 saturated heterocycles. The van der Waals surface area contributed by atoms with Gasteiger partial charge in [0.2, 0.25) is 10.0 Å². The van der Waals surface area contributed by atoms with Crippen LogP contribution in [0.5, 0.6) is 0 Å². The number of carbonyl (C=O) groups excluding carboxylic acids is 2. The fourth-order valence-electron chi connectivity index (χ4n) is 2.71. The van der Waals surface area contributed by atoms with Gasteiger partial charge in [-0.15, -0.1) is 0 Å². The molecule has 0 saturated carbocycles. The number of benzene rings is 1. The molecular formula is C19H25N3O6S. The standard InChI is InChI=1S/C19H25N3O6S/c1-12-16(19(24)28-10-9-27-5)13(2)20-17(12)18(23)21-14-7-6-8-15(11-14)29(25,26)22(3)4/h6-8,11,20H,9-10H2,1-5H3,(H,21,23). The number of hydrogen-bond donors (Lipinski definition) is 2. The molecule has 1 aromatic carbocycles. The maximum Gasteiger partial charge on any atom is 0.340 e. The van der Waals surface area contributed by atoms with Gasteiger partial charge in [-0.3, -0.25) is 4.79 Å². The van der Waals surface area contributed by atoms with Crippen LogP contribution in [0, 0.1) is 13.8 Å². The molecule has 0 spiro atoms. The molecule has 10 heteroatoms. The number of methoxy groups -OCH3 is 1. The number of sulfonamides is 1. The van der Waals surface area contributed by atoms with Crippen molar-refractivity contribution in [1.82, 2.24) is 9.29 Å². The Bertz CT molecular complexity index is 1010. The maximum atomic E-state index is 12.7. The number of hydrogen-bond acceptors (Lipinski definition) is 6. The molecule has 1 heterocycles. The van der Waals surface area contributed by atoms with E-state index in [0.717, 1.165) is 4.31 Å². The van der Waals surface area contributed by atoms with Crippen LogP contribution >= 0.6 is 0 Å². The summed E-state index contributed by atoms with van der Waals surface area (Å²) in [4.78, 5) is 27.9. The topological polar surface area (TPSA) is 118 Å². The van der Waals surface area contributed by atoms with Gasteiger partial charge in [0.05, 0.1) is 17.1 Å². The second kappa shape index (κ2) is 9.21. The number of amides is 1. The van der Waals surface area contributed by atoms with Crippen molar-refractivity contribution in [3.05, 3.63) is 46.8 Å². The third-order valence-corrected chi connectivity index (χ3v) is 6.07. The molecular weight excluding hydrogens is 398 g/mol. The monoisotopic (exact) mass is 423 g/mol. The molecule has 158 valence electrons. The SMILES string of the molecule is COCCOC(=O)c1c(C)[nH]c(C(=O)Nc2cccc(S(=O)(=O)N(C)C)c2)c1C. The summed E-state index contributed by atoms with van der Waals surface area (Å²) in [5.74, 6) is -1.05. The summed E-state index contributed by atoms with van der Waals surface area (Å²) >= 11 is 0. The van der Waals surface area contributed by atoms with Gasteiger partial charge in [0, 0.05) is 32.6 Å². The van der Waals surface area contributed by atoms with E-state index in [1.807, 2.05) is 0 Å². The largest absolute Gasteiger partial charge is 0.460 e. The lowest BCUT2D eigenvalue weighted by atomic mass is 10.1. The average Bonchev–Trinajstić information content (AvgIpc) is 2.96. The van der Waals surface area contributed by atoms with E-state index in [0.29, 0.717) is 16.9 Å². The predicted molar refractivity (Wildman–Crippen MR) is 108 cm³/mol. The number of H-pyrrole nitrogens is 1. The van der Waals surface area contributed by atoms with E-state index in [1.165, 1.54) is 39.4 Å². The van der Waals surface area contributed by atoms with E-state index in [1.54, 1.807) is 19.9 Å². The van der Waals surface area contributed by atoms with Gasteiger partial charge in [-0.1, -0.05) is 6.07 Å². The lowest BCUT2D eigenvalue weighted by Crippen LogP contribution is -2.22. The number of aryl methyl sites for hydroxylation is 1. The molecule has 2 rings (SSSR count). The third-order valence-electron chi connectivity index (χ3n) is 4.26. The van der Waals surface area contributed by atoms with Gasteiger partial charge in [0.25, 0.3) is 5.91 Å². The number of esters is 1. The van der Waals surface area contributed by atoms with Crippen molar-refractivity contribution in [3.63, 3.8) is 0 Å². The van der Waals surface area contributed by atoms with Crippen LogP contribution in [0.1, 0.15) is 32.1 Å². The number of nitrogens with zero attached hydrogens (tertiary/aromatic N) is 1. The molecule has 0 radical (unpaired) electrons. The number of aromatic nitrogens is 1. The van der Waals surface area contributed by atoms with Crippen LogP contribution in [-0.4, -0.2) is 64.0 Å². The van der Waals surface area contributed by atoms with Crippen LogP contribution in [0.15, 0.2) is 29.2 Å². The smallest absolute Gasteiger partial charge is 0.340 e. The lowest BCUT2D eigenvalue weighted by Gasteiger charge is -2.12. The van der Waals surface area contributed by atoms with Gasteiger partial charge in [-0.05, 0) is 37.6 Å². The zero-order valence-electron chi connectivity index (χ0n) is 17.0. The van der Waals surface area contributed by atoms with E-state index in [2.05, 4.69) is 10.3 Å². The first-order chi connectivity index (χ1) is 13.6. The quantitative estimate of drug-likeness (QED) is 0.495. The second-order valence-electron chi connectivity index (χ2n) is 6.52. The van der Waals surface area contributed by atoms with Crippen molar-refractivity contribution >= 4 is 27.6 Å². The highest BCUT2D eigenvalue weighted by atomic mass is 32.2. The van der Waals surface area contributed by atoms with E-state index < -0.39 is 21.9 Å². The number of anilines is 1. The molecule has 0 bridgehead atoms. The van der Waals surface area contributed by atoms with E-state index >= 15 is 0 Å². The summed E-state index contributed by atoms with van der Waals surface area (Å²) in [7, 11) is 0.731. The molecule has 0 aliphatic heterocycles. The lowest BCUT2D eigenvalue weighted by molar-refractivity contribution is 0.0386. The molecule has 0 aliphatic rings. The van der Waals surface area contributed by atoms with Gasteiger partial charge in [-0.25, -0.2) is 17.5 Å². The Morgan fingerprint density at radius 3 is 2.48 bits per heavy atom. The number of carbonyl (C=O) groups is 2. The van der Waals surface area contributed by atoms with Gasteiger partial charge in [0.15, 0.2) is 0 Å². The van der Waals surface area contributed by atoms with Crippen molar-refractivity contribution in [2.24, 2.45) is 0 Å². The summed E-state index contributed by atoms with van der Waals surface area (Å²) in [6.45, 7) is 3.68. The third kappa shape index (κ3) is 5.03. The van der Waals surface area contributed by atoms with Crippen LogP contribution in [0.3, 0.4) is 0 Å². The average molecular weight is 423 g/mol. The van der Waals surface area contributed by atoms with Crippen LogP contribution in [0.4, 0.5) is 5.69 Å². The van der Waals surface area contributed by atoms with Crippen LogP contribution in [-0.2, 0) is 19.5 Å². The van der Waals surface area contributed by atoms with Crippen molar-refractivity contribution in [2.45, 2.75) is 18.7 Å². The van der Waals surface area contributed by atoms with E-state index in [-0.39, 0.29) is 29.4 Å². The molecule has 1 aromatic heterocycles. The Hall–Kier alpha value is -2.69. The molecule has 0 aliphatic carbocycles. The Labute approximate surface area is 170 Å². The summed E-state index contributed by atoms with van der Waals surface area (Å²) in [6.07, 6.45) is 0. The second-order valence-corrected chi connectivity index (χ2v) is 8.67. The highest BCUT2D eigenvalue weighted by molar-refractivity contribution is 7.89. The zero-order chi connectivity index (χ0) is 21.8. The first-order valence-corrected chi connectivity index (χ1v) is 10.2. The minimum Gasteiger partial charge on any atom is -0.460 e. The highest BCUT2D eigenvalue weighted by Gasteiger charge is 2.24. The molecule has 29 heavy (non-hydrogen) atoms. The van der Waals surface area contributed by atoms with Gasteiger partial charge < -0.3 is 19.8 Å². The van der Waals surface area contributed by atoms with Gasteiger partial charge in [-0.2, -0.15) is 0 Å². The van der Waals surface area contributed by atoms with Crippen molar-refractivity contribution in [1.29, 1.82) is 0 Å². The summed E-state index contributed by atoms with van der Waals surface area (Å²) in [6, 6.07) is 5.94. The molecule has 0 fully saturated rings. The first kappa shape index (κ1) is 22.6. The highest BCUT2D eigenvalue weighted by Crippen LogP contribution is 2.22. The minimum absolute atomic E-state index is 0.0575. The summed E-state index contributed by atoms with van der Waals surface area (Å²) < 4.78 is 35.6. The van der Waals surface area contributed by atoms with Crippen LogP contribution in [0.25, 0.3) is 0 Å². The molecule has 2 N–H and O–H groups in total. The fourth-order valence-corrected chi connectivity index (χ4v) is 3.66. The number of rotatable bonds is 8. The maximum absolute atomic E-state index is 12.7. The van der Waals surface area contributed by atoms with Crippen LogP contribution in [0.2, 0.25) is 0 Å². The summed E-state index contributed by atoms with van der Waals surface area (Å²) in [5, 5.41) is 2.66. The summed E-state index contributed by atoms with van der Waals surface area (Å²) in [5.41, 5.74) is 1.74. The van der Waals surface area contributed by atoms with Crippen molar-refractivity contribution in [3.8, 4) is 0 Å². The Kier molecular flexibility index (Phi) is 7.17. The van der Waals surface area contributed by atoms with E-state index in [4.69, 9.17) is 9.47 Å². The number of ether oxygens (including phenoxy) is 2. The van der Waals surface area contributed by atoms with Crippen molar-refractivity contribution < 1.29 is 27.5 Å². The van der Waals surface area contributed by atoms with Gasteiger partial charge >= 0.3 is 5.97 Å². The van der Waals surface area contributed by atoms with E-state index in [9.17, 15) is 18.0 Å². The normalized spacial score (nSPS) is 11.5. The van der Waals surface area contributed by atoms with Gasteiger partial charge in [0.1, 0.15) is 12.3 Å². The number of nitrogens with one attached hydrogen (secondary N) is 2. The Balaban J connectivity index is 2.24. The predicted octanol–water partition coefficient (Wildman–Crippen LogP) is 1.94. The first-order valence-electron chi connectivity index (χ1n) is 8.78. The van der Waals surface area contributed by atoms with Crippen molar-refractivity contribution in [2.75, 3.05) is 39.7 Å². The Morgan fingerprint density at radius 1 is 1.17 bits per heavy atom. The minimum atomic E-state index is -3.63. The van der Waals surface area contributed by atoms with Crippen LogP contribution < -0.4 is 5.32 Å². The molecule has 0 atom stereocenters. The molecule has 1 amide bonds. The number of aromatic amines is 1. The Morgan fingerprint density at radius 2 is 1.86 bits per heavy atom.